The van der Waals surface area contributed by atoms with E-state index >= 15 is 0 Å². The van der Waals surface area contributed by atoms with Crippen LogP contribution in [-0.4, -0.2) is 79.9 Å². The number of hydrogen-bond acceptors (Lipinski definition) is 11. The molecule has 0 heterocycles. The summed E-state index contributed by atoms with van der Waals surface area (Å²) in [6, 6.07) is 13.2. The predicted octanol–water partition coefficient (Wildman–Crippen LogP) is 11.1. The number of aromatic hydroxyl groups is 2. The quantitative estimate of drug-likeness (QED) is 0.0285. The third-order valence-electron chi connectivity index (χ3n) is 8.84. The number of ether oxygens (including phenoxy) is 2. The van der Waals surface area contributed by atoms with Crippen LogP contribution < -0.4 is 9.47 Å². The van der Waals surface area contributed by atoms with Crippen LogP contribution in [-0.2, 0) is 35.3 Å². The van der Waals surface area contributed by atoms with Gasteiger partial charge in [-0.05, 0) is 80.6 Å². The number of halogens is 4. The van der Waals surface area contributed by atoms with Gasteiger partial charge < -0.3 is 35.0 Å². The van der Waals surface area contributed by atoms with Crippen LogP contribution in [0.25, 0.3) is 0 Å². The molecule has 0 aliphatic carbocycles. The van der Waals surface area contributed by atoms with E-state index in [2.05, 4.69) is 0 Å². The summed E-state index contributed by atoms with van der Waals surface area (Å²) >= 11 is 27.6. The van der Waals surface area contributed by atoms with E-state index in [-0.39, 0.29) is 68.9 Å². The fourth-order valence-corrected chi connectivity index (χ4v) is 8.87. The van der Waals surface area contributed by atoms with Crippen LogP contribution in [0.5, 0.6) is 23.0 Å². The molecule has 0 spiro atoms. The topological polar surface area (TPSA) is 188 Å². The largest absolute Gasteiger partial charge is 0.507 e. The molecule has 0 saturated heterocycles. The van der Waals surface area contributed by atoms with Gasteiger partial charge in [0.1, 0.15) is 29.6 Å². The zero-order valence-electron chi connectivity index (χ0n) is 34.0. The first-order valence-electron chi connectivity index (χ1n) is 19.2. The summed E-state index contributed by atoms with van der Waals surface area (Å²) in [6.45, 7) is 7.17. The number of carbonyl (C=O) groups excluding carboxylic acids is 2. The Balaban J connectivity index is 0.000000325. The van der Waals surface area contributed by atoms with Crippen molar-refractivity contribution in [2.24, 2.45) is 0 Å². The number of benzene rings is 4. The molecule has 330 valence electrons. The fourth-order valence-electron chi connectivity index (χ4n) is 5.87. The molecule has 17 heteroatoms. The standard InChI is InChI=1S/C22H24Cl2O6S.C22H24Cl2O5S/c1-3-4-16-17(7-6-15(12(2)25)22(16)29)30-10-14(26)11-31-18-8-5-13(9-19(27)28)20(23)21(18)24;1-3-5-16-17(8-7-15(13(2)25)22(16)28)29-10-4-11-30-18-9-6-14(12-19(26)27)20(23)21(18)24/h5-8,14,26,29H,3-4,9-11H2,1-2H3,(H,27,28);6-9,28H,3-5,10-12H2,1-2H3,(H,26,27). The van der Waals surface area contributed by atoms with E-state index in [0.717, 1.165) is 29.9 Å². The van der Waals surface area contributed by atoms with Crippen molar-refractivity contribution in [3.8, 4) is 23.0 Å². The van der Waals surface area contributed by atoms with Crippen molar-refractivity contribution in [2.75, 3.05) is 24.7 Å². The molecule has 0 fully saturated rings. The second-order valence-electron chi connectivity index (χ2n) is 13.7. The minimum absolute atomic E-state index is 0.000834. The minimum Gasteiger partial charge on any atom is -0.507 e. The fraction of sp³-hybridized carbons (Fsp3) is 0.364. The lowest BCUT2D eigenvalue weighted by Gasteiger charge is -2.17. The molecule has 4 aromatic carbocycles. The normalized spacial score (nSPS) is 11.4. The molecule has 11 nitrogen and oxygen atoms in total. The van der Waals surface area contributed by atoms with E-state index in [1.807, 2.05) is 13.8 Å². The smallest absolute Gasteiger partial charge is 0.307 e. The number of rotatable bonds is 22. The van der Waals surface area contributed by atoms with Crippen LogP contribution in [0.4, 0.5) is 0 Å². The molecule has 0 saturated carbocycles. The molecule has 4 rings (SSSR count). The van der Waals surface area contributed by atoms with Crippen molar-refractivity contribution in [3.63, 3.8) is 0 Å². The highest BCUT2D eigenvalue weighted by molar-refractivity contribution is 7.99. The monoisotopic (exact) mass is 956 g/mol. The molecule has 0 amide bonds. The summed E-state index contributed by atoms with van der Waals surface area (Å²) in [7, 11) is 0. The molecule has 1 unspecified atom stereocenters. The third kappa shape index (κ3) is 15.2. The first-order valence-corrected chi connectivity index (χ1v) is 22.7. The van der Waals surface area contributed by atoms with E-state index < -0.39 is 18.0 Å². The van der Waals surface area contributed by atoms with Gasteiger partial charge in [0, 0.05) is 32.4 Å². The van der Waals surface area contributed by atoms with Crippen molar-refractivity contribution in [1.82, 2.24) is 0 Å². The second-order valence-corrected chi connectivity index (χ2v) is 17.4. The maximum Gasteiger partial charge on any atom is 0.307 e. The van der Waals surface area contributed by atoms with Crippen LogP contribution in [0.1, 0.15) is 89.9 Å². The number of carbonyl (C=O) groups is 4. The van der Waals surface area contributed by atoms with Gasteiger partial charge in [-0.15, -0.1) is 23.5 Å². The summed E-state index contributed by atoms with van der Waals surface area (Å²) in [5.74, 6) is -0.482. The van der Waals surface area contributed by atoms with E-state index in [0.29, 0.717) is 68.7 Å². The first-order chi connectivity index (χ1) is 28.9. The molecule has 0 bridgehead atoms. The number of carboxylic acid groups (broad SMARTS) is 2. The molecule has 0 aromatic heterocycles. The van der Waals surface area contributed by atoms with Crippen LogP contribution in [0, 0.1) is 0 Å². The van der Waals surface area contributed by atoms with Crippen LogP contribution in [0.3, 0.4) is 0 Å². The number of carboxylic acids is 2. The number of aliphatic hydroxyl groups excluding tert-OH is 1. The SMILES string of the molecule is CCCc1c(OCC(O)CSc2ccc(CC(=O)O)c(Cl)c2Cl)ccc(C(C)=O)c1O.CCCc1c(OCCCSc2ccc(CC(=O)O)c(Cl)c2Cl)ccc(C(C)=O)c1O. The Morgan fingerprint density at radius 1 is 0.639 bits per heavy atom. The Morgan fingerprint density at radius 3 is 1.51 bits per heavy atom. The molecular weight excluding hydrogens is 910 g/mol. The van der Waals surface area contributed by atoms with E-state index in [1.54, 1.807) is 42.5 Å². The molecule has 0 radical (unpaired) electrons. The van der Waals surface area contributed by atoms with Crippen molar-refractivity contribution >= 4 is 93.4 Å². The predicted molar refractivity (Wildman–Crippen MR) is 243 cm³/mol. The first kappa shape index (κ1) is 51.5. The average Bonchev–Trinajstić information content (AvgIpc) is 3.20. The van der Waals surface area contributed by atoms with Crippen LogP contribution in [0.2, 0.25) is 20.1 Å². The number of phenolic OH excluding ortho intramolecular Hbond substituents is 2. The molecule has 0 aliphatic heterocycles. The Morgan fingerprint density at radius 2 is 1.08 bits per heavy atom. The molecule has 1 atom stereocenters. The number of ketones is 2. The van der Waals surface area contributed by atoms with E-state index in [4.69, 9.17) is 66.1 Å². The van der Waals surface area contributed by atoms with Crippen molar-refractivity contribution < 1.29 is 54.2 Å². The lowest BCUT2D eigenvalue weighted by Crippen LogP contribution is -2.20. The minimum atomic E-state index is -1.00. The highest BCUT2D eigenvalue weighted by atomic mass is 35.5. The number of hydrogen-bond donors (Lipinski definition) is 5. The van der Waals surface area contributed by atoms with Gasteiger partial charge in [-0.2, -0.15) is 0 Å². The van der Waals surface area contributed by atoms with E-state index in [1.165, 1.54) is 43.4 Å². The Kier molecular flexibility index (Phi) is 21.4. The summed E-state index contributed by atoms with van der Waals surface area (Å²) < 4.78 is 11.6. The van der Waals surface area contributed by atoms with Gasteiger partial charge in [0.25, 0.3) is 0 Å². The number of aliphatic hydroxyl groups is 1. The van der Waals surface area contributed by atoms with Gasteiger partial charge >= 0.3 is 11.9 Å². The average molecular weight is 959 g/mol. The van der Waals surface area contributed by atoms with E-state index in [9.17, 15) is 34.5 Å². The molecule has 0 aliphatic rings. The van der Waals surface area contributed by atoms with Crippen LogP contribution in [0.15, 0.2) is 58.3 Å². The highest BCUT2D eigenvalue weighted by Crippen LogP contribution is 2.38. The molecule has 61 heavy (non-hydrogen) atoms. The maximum absolute atomic E-state index is 11.7. The number of thioether (sulfide) groups is 2. The van der Waals surface area contributed by atoms with Crippen molar-refractivity contribution in [2.45, 2.75) is 88.5 Å². The van der Waals surface area contributed by atoms with Gasteiger partial charge in [-0.3, -0.25) is 19.2 Å². The van der Waals surface area contributed by atoms with Gasteiger partial charge in [-0.1, -0.05) is 85.2 Å². The molecule has 5 N–H and O–H groups in total. The molecular formula is C44H48Cl4O11S2. The zero-order chi connectivity index (χ0) is 45.4. The summed E-state index contributed by atoms with van der Waals surface area (Å²) in [5.41, 5.74) is 2.65. The Labute approximate surface area is 383 Å². The zero-order valence-corrected chi connectivity index (χ0v) is 38.6. The van der Waals surface area contributed by atoms with Crippen molar-refractivity contribution in [1.29, 1.82) is 0 Å². The summed E-state index contributed by atoms with van der Waals surface area (Å²) in [4.78, 5) is 46.4. The van der Waals surface area contributed by atoms with Crippen LogP contribution >= 0.6 is 69.9 Å². The number of phenols is 2. The van der Waals surface area contributed by atoms with Crippen molar-refractivity contribution in [3.05, 3.63) is 102 Å². The second kappa shape index (κ2) is 25.3. The lowest BCUT2D eigenvalue weighted by molar-refractivity contribution is -0.137. The lowest BCUT2D eigenvalue weighted by atomic mass is 10.0. The number of aliphatic carboxylic acids is 2. The maximum atomic E-state index is 11.7. The van der Waals surface area contributed by atoms with Gasteiger partial charge in [0.05, 0.1) is 56.8 Å². The van der Waals surface area contributed by atoms with Gasteiger partial charge in [0.2, 0.25) is 0 Å². The summed E-state index contributed by atoms with van der Waals surface area (Å²) in [6.07, 6.45) is 2.19. The Hall–Kier alpha value is -3.82. The summed E-state index contributed by atoms with van der Waals surface area (Å²) in [5, 5.41) is 50.0. The number of Topliss-reactive ketones (excluding diaryl/α,β-unsaturated/α-hetero) is 2. The highest BCUT2D eigenvalue weighted by Gasteiger charge is 2.20. The van der Waals surface area contributed by atoms with Gasteiger partial charge in [-0.25, -0.2) is 0 Å². The molecule has 4 aromatic rings. The van der Waals surface area contributed by atoms with Gasteiger partial charge in [0.15, 0.2) is 11.6 Å². The third-order valence-corrected chi connectivity index (χ3v) is 13.3. The Bertz CT molecular complexity index is 2200.